The van der Waals surface area contributed by atoms with E-state index < -0.39 is 0 Å². The van der Waals surface area contributed by atoms with Crippen molar-refractivity contribution in [1.82, 2.24) is 9.97 Å². The van der Waals surface area contributed by atoms with Crippen LogP contribution < -0.4 is 10.1 Å². The standard InChI is InChI=1S/C12H18ClN3O/c1-4-17-10-5-6-14-11(16-10)15-9-7-8(13)12(9,2)3/h5-6,8-9H,4,7H2,1-3H3,(H,14,15,16). The molecule has 2 rings (SSSR count). The average molecular weight is 256 g/mol. The highest BCUT2D eigenvalue weighted by Gasteiger charge is 2.47. The topological polar surface area (TPSA) is 47.0 Å². The van der Waals surface area contributed by atoms with Gasteiger partial charge in [-0.05, 0) is 13.3 Å². The van der Waals surface area contributed by atoms with Crippen molar-refractivity contribution >= 4 is 17.5 Å². The lowest BCUT2D eigenvalue weighted by atomic mass is 9.67. The van der Waals surface area contributed by atoms with E-state index >= 15 is 0 Å². The van der Waals surface area contributed by atoms with Crippen LogP contribution in [0.1, 0.15) is 27.2 Å². The molecule has 1 heterocycles. The minimum atomic E-state index is 0.0759. The first-order valence-electron chi connectivity index (χ1n) is 5.90. The molecule has 1 N–H and O–H groups in total. The second kappa shape index (κ2) is 4.69. The Hall–Kier alpha value is -1.03. The summed E-state index contributed by atoms with van der Waals surface area (Å²) in [6.45, 7) is 6.84. The molecule has 1 aliphatic rings. The van der Waals surface area contributed by atoms with E-state index in [0.29, 0.717) is 24.5 Å². The van der Waals surface area contributed by atoms with E-state index in [4.69, 9.17) is 16.3 Å². The first-order valence-corrected chi connectivity index (χ1v) is 6.34. The zero-order chi connectivity index (χ0) is 12.5. The number of halogens is 1. The van der Waals surface area contributed by atoms with Crippen molar-refractivity contribution in [2.75, 3.05) is 11.9 Å². The van der Waals surface area contributed by atoms with Crippen LogP contribution in [0.5, 0.6) is 5.88 Å². The molecule has 0 bridgehead atoms. The van der Waals surface area contributed by atoms with Crippen LogP contribution >= 0.6 is 11.6 Å². The van der Waals surface area contributed by atoms with Gasteiger partial charge in [-0.2, -0.15) is 4.98 Å². The Balaban J connectivity index is 2.02. The number of hydrogen-bond acceptors (Lipinski definition) is 4. The Labute approximate surface area is 107 Å². The van der Waals surface area contributed by atoms with Crippen LogP contribution in [0.4, 0.5) is 5.95 Å². The van der Waals surface area contributed by atoms with Gasteiger partial charge >= 0.3 is 0 Å². The molecule has 0 saturated heterocycles. The molecular weight excluding hydrogens is 238 g/mol. The average Bonchev–Trinajstić information content (AvgIpc) is 2.30. The number of nitrogens with one attached hydrogen (secondary N) is 1. The van der Waals surface area contributed by atoms with Gasteiger partial charge in [0.15, 0.2) is 0 Å². The smallest absolute Gasteiger partial charge is 0.226 e. The van der Waals surface area contributed by atoms with Crippen molar-refractivity contribution in [1.29, 1.82) is 0 Å². The molecule has 4 nitrogen and oxygen atoms in total. The van der Waals surface area contributed by atoms with E-state index in [-0.39, 0.29) is 10.8 Å². The Morgan fingerprint density at radius 2 is 2.35 bits per heavy atom. The van der Waals surface area contributed by atoms with Crippen molar-refractivity contribution in [2.45, 2.75) is 38.6 Å². The van der Waals surface area contributed by atoms with Gasteiger partial charge in [-0.15, -0.1) is 11.6 Å². The van der Waals surface area contributed by atoms with E-state index in [9.17, 15) is 0 Å². The maximum atomic E-state index is 6.18. The van der Waals surface area contributed by atoms with E-state index in [0.717, 1.165) is 6.42 Å². The van der Waals surface area contributed by atoms with Gasteiger partial charge in [-0.3, -0.25) is 0 Å². The Morgan fingerprint density at radius 1 is 1.59 bits per heavy atom. The number of anilines is 1. The molecule has 0 amide bonds. The van der Waals surface area contributed by atoms with Crippen LogP contribution in [0.15, 0.2) is 12.3 Å². The van der Waals surface area contributed by atoms with Crippen LogP contribution in [0.2, 0.25) is 0 Å². The molecule has 0 radical (unpaired) electrons. The number of hydrogen-bond donors (Lipinski definition) is 1. The van der Waals surface area contributed by atoms with Gasteiger partial charge in [0.2, 0.25) is 11.8 Å². The summed E-state index contributed by atoms with van der Waals surface area (Å²) in [5.74, 6) is 1.21. The van der Waals surface area contributed by atoms with Gasteiger partial charge in [0.1, 0.15) is 0 Å². The highest BCUT2D eigenvalue weighted by atomic mass is 35.5. The van der Waals surface area contributed by atoms with Crippen molar-refractivity contribution in [3.8, 4) is 5.88 Å². The van der Waals surface area contributed by atoms with E-state index in [1.165, 1.54) is 0 Å². The van der Waals surface area contributed by atoms with Gasteiger partial charge < -0.3 is 10.1 Å². The fourth-order valence-corrected chi connectivity index (χ4v) is 2.24. The molecule has 2 atom stereocenters. The largest absolute Gasteiger partial charge is 0.478 e. The highest BCUT2D eigenvalue weighted by Crippen LogP contribution is 2.45. The molecule has 1 aromatic rings. The van der Waals surface area contributed by atoms with Crippen molar-refractivity contribution in [3.05, 3.63) is 12.3 Å². The quantitative estimate of drug-likeness (QED) is 0.841. The number of aromatic nitrogens is 2. The zero-order valence-corrected chi connectivity index (χ0v) is 11.2. The van der Waals surface area contributed by atoms with Crippen LogP contribution in [0.3, 0.4) is 0 Å². The number of alkyl halides is 1. The lowest BCUT2D eigenvalue weighted by Gasteiger charge is -2.49. The molecule has 0 aliphatic heterocycles. The number of nitrogens with zero attached hydrogens (tertiary/aromatic N) is 2. The Kier molecular flexibility index (Phi) is 3.43. The molecule has 1 aliphatic carbocycles. The summed E-state index contributed by atoms with van der Waals surface area (Å²) >= 11 is 6.18. The van der Waals surface area contributed by atoms with Crippen LogP contribution in [-0.2, 0) is 0 Å². The molecule has 0 aromatic carbocycles. The SMILES string of the molecule is CCOc1ccnc(NC2CC(Cl)C2(C)C)n1. The van der Waals surface area contributed by atoms with Gasteiger partial charge in [0.25, 0.3) is 0 Å². The minimum Gasteiger partial charge on any atom is -0.478 e. The van der Waals surface area contributed by atoms with Crippen molar-refractivity contribution in [3.63, 3.8) is 0 Å². The first-order chi connectivity index (χ1) is 8.04. The summed E-state index contributed by atoms with van der Waals surface area (Å²) in [6, 6.07) is 2.08. The highest BCUT2D eigenvalue weighted by molar-refractivity contribution is 6.21. The third-order valence-corrected chi connectivity index (χ3v) is 4.11. The van der Waals surface area contributed by atoms with E-state index in [1.54, 1.807) is 12.3 Å². The summed E-state index contributed by atoms with van der Waals surface area (Å²) in [4.78, 5) is 8.48. The fraction of sp³-hybridized carbons (Fsp3) is 0.667. The summed E-state index contributed by atoms with van der Waals surface area (Å²) in [6.07, 6.45) is 2.64. The lowest BCUT2D eigenvalue weighted by molar-refractivity contribution is 0.167. The normalized spacial score (nSPS) is 26.1. The fourth-order valence-electron chi connectivity index (χ4n) is 1.91. The second-order valence-electron chi connectivity index (χ2n) is 4.87. The lowest BCUT2D eigenvalue weighted by Crippen LogP contribution is -2.54. The molecule has 94 valence electrons. The zero-order valence-electron chi connectivity index (χ0n) is 10.4. The Bertz CT molecular complexity index is 397. The van der Waals surface area contributed by atoms with E-state index in [2.05, 4.69) is 29.1 Å². The second-order valence-corrected chi connectivity index (χ2v) is 5.40. The van der Waals surface area contributed by atoms with Crippen molar-refractivity contribution in [2.24, 2.45) is 5.41 Å². The van der Waals surface area contributed by atoms with Gasteiger partial charge in [0.05, 0.1) is 6.61 Å². The maximum Gasteiger partial charge on any atom is 0.226 e. The van der Waals surface area contributed by atoms with Gasteiger partial charge in [0, 0.05) is 29.1 Å². The van der Waals surface area contributed by atoms with Crippen LogP contribution in [0.25, 0.3) is 0 Å². The molecule has 2 unspecified atom stereocenters. The molecule has 1 aromatic heterocycles. The molecule has 0 spiro atoms. The molecule has 1 saturated carbocycles. The predicted octanol–water partition coefficient (Wildman–Crippen LogP) is 2.69. The molecule has 17 heavy (non-hydrogen) atoms. The number of ether oxygens (including phenoxy) is 1. The van der Waals surface area contributed by atoms with Gasteiger partial charge in [-0.1, -0.05) is 13.8 Å². The maximum absolute atomic E-state index is 6.18. The monoisotopic (exact) mass is 255 g/mol. The third kappa shape index (κ3) is 2.46. The molecular formula is C12H18ClN3O. The van der Waals surface area contributed by atoms with Gasteiger partial charge in [-0.25, -0.2) is 4.98 Å². The third-order valence-electron chi connectivity index (χ3n) is 3.37. The summed E-state index contributed by atoms with van der Waals surface area (Å²) in [7, 11) is 0. The predicted molar refractivity (Wildman–Crippen MR) is 68.7 cm³/mol. The molecule has 5 heteroatoms. The molecule has 1 fully saturated rings. The van der Waals surface area contributed by atoms with Crippen molar-refractivity contribution < 1.29 is 4.74 Å². The van der Waals surface area contributed by atoms with Crippen LogP contribution in [-0.4, -0.2) is 28.0 Å². The number of rotatable bonds is 4. The summed E-state index contributed by atoms with van der Waals surface area (Å²) in [5, 5.41) is 3.53. The summed E-state index contributed by atoms with van der Waals surface area (Å²) in [5.41, 5.74) is 0.0759. The van der Waals surface area contributed by atoms with E-state index in [1.807, 2.05) is 6.92 Å². The van der Waals surface area contributed by atoms with Crippen LogP contribution in [0, 0.1) is 5.41 Å². The first kappa shape index (κ1) is 12.4. The minimum absolute atomic E-state index is 0.0759. The summed E-state index contributed by atoms with van der Waals surface area (Å²) < 4.78 is 5.34. The Morgan fingerprint density at radius 3 is 2.94 bits per heavy atom.